The molecule has 0 saturated carbocycles. The number of carbonyl (C=O) groups excluding carboxylic acids is 1. The average molecular weight is 395 g/mol. The molecule has 150 valence electrons. The summed E-state index contributed by atoms with van der Waals surface area (Å²) in [5, 5.41) is 13.0. The highest BCUT2D eigenvalue weighted by atomic mass is 19.4. The second kappa shape index (κ2) is 7.01. The van der Waals surface area contributed by atoms with Crippen LogP contribution in [0.3, 0.4) is 0 Å². The van der Waals surface area contributed by atoms with Crippen molar-refractivity contribution >= 4 is 11.6 Å². The fourth-order valence-electron chi connectivity index (χ4n) is 3.20. The summed E-state index contributed by atoms with van der Waals surface area (Å²) in [6.07, 6.45) is -5.51. The molecule has 0 radical (unpaired) electrons. The number of nitrogens with one attached hydrogen (secondary N) is 1. The van der Waals surface area contributed by atoms with Crippen molar-refractivity contribution < 1.29 is 32.5 Å². The molecule has 0 bridgehead atoms. The van der Waals surface area contributed by atoms with E-state index in [2.05, 4.69) is 10.1 Å². The van der Waals surface area contributed by atoms with Crippen molar-refractivity contribution in [2.45, 2.75) is 44.8 Å². The zero-order valence-electron chi connectivity index (χ0n) is 15.5. The van der Waals surface area contributed by atoms with Gasteiger partial charge in [-0.15, -0.1) is 13.2 Å². The van der Waals surface area contributed by atoms with Crippen LogP contribution in [0.2, 0.25) is 0 Å². The zero-order valence-corrected chi connectivity index (χ0v) is 15.5. The van der Waals surface area contributed by atoms with Crippen molar-refractivity contribution in [2.75, 3.05) is 5.32 Å². The van der Waals surface area contributed by atoms with Crippen LogP contribution >= 0.6 is 0 Å². The number of aliphatic hydroxyl groups is 1. The van der Waals surface area contributed by atoms with Crippen LogP contribution < -0.4 is 14.8 Å². The molecule has 0 spiro atoms. The minimum atomic E-state index is -4.77. The molecule has 3 rings (SSSR count). The molecule has 2 aromatic rings. The number of amides is 1. The molecule has 2 N–H and O–H groups in total. The number of ether oxygens (including phenoxy) is 2. The number of halogens is 3. The molecule has 0 unspecified atom stereocenters. The zero-order chi connectivity index (χ0) is 20.7. The summed E-state index contributed by atoms with van der Waals surface area (Å²) in [6, 6.07) is 9.78. The number of alkyl halides is 3. The van der Waals surface area contributed by atoms with E-state index >= 15 is 0 Å². The van der Waals surface area contributed by atoms with E-state index in [9.17, 15) is 23.1 Å². The van der Waals surface area contributed by atoms with E-state index in [0.717, 1.165) is 12.1 Å². The van der Waals surface area contributed by atoms with E-state index in [1.807, 2.05) is 6.92 Å². The predicted octanol–water partition coefficient (Wildman–Crippen LogP) is 4.47. The highest BCUT2D eigenvalue weighted by Gasteiger charge is 2.40. The molecule has 8 heteroatoms. The van der Waals surface area contributed by atoms with Gasteiger partial charge in [0.2, 0.25) is 0 Å². The van der Waals surface area contributed by atoms with Gasteiger partial charge in [0.25, 0.3) is 5.91 Å². The number of hydrogen-bond donors (Lipinski definition) is 2. The smallest absolute Gasteiger partial charge is 0.485 e. The van der Waals surface area contributed by atoms with Crippen molar-refractivity contribution in [3.63, 3.8) is 0 Å². The Labute approximate surface area is 160 Å². The number of aliphatic hydroxyl groups excluding tert-OH is 1. The van der Waals surface area contributed by atoms with Gasteiger partial charge >= 0.3 is 6.36 Å². The fraction of sp³-hybridized carbons (Fsp3) is 0.350. The van der Waals surface area contributed by atoms with Crippen LogP contribution in [0.25, 0.3) is 0 Å². The second-order valence-corrected chi connectivity index (χ2v) is 7.22. The maximum absolute atomic E-state index is 12.5. The van der Waals surface area contributed by atoms with Crippen molar-refractivity contribution in [3.8, 4) is 11.5 Å². The van der Waals surface area contributed by atoms with E-state index in [1.165, 1.54) is 12.1 Å². The summed E-state index contributed by atoms with van der Waals surface area (Å²) in [7, 11) is 0. The first-order valence-electron chi connectivity index (χ1n) is 8.64. The van der Waals surface area contributed by atoms with Gasteiger partial charge in [-0.1, -0.05) is 6.92 Å². The molecule has 2 atom stereocenters. The Morgan fingerprint density at radius 2 is 1.82 bits per heavy atom. The lowest BCUT2D eigenvalue weighted by Gasteiger charge is -2.41. The third-order valence-corrected chi connectivity index (χ3v) is 4.67. The molecule has 1 aliphatic rings. The number of fused-ring (bicyclic) bond motifs is 1. The molecule has 1 aliphatic heterocycles. The number of hydrogen-bond acceptors (Lipinski definition) is 4. The number of anilines is 1. The Hall–Kier alpha value is -2.74. The van der Waals surface area contributed by atoms with E-state index in [4.69, 9.17) is 4.74 Å². The van der Waals surface area contributed by atoms with Crippen LogP contribution in [0.15, 0.2) is 42.5 Å². The van der Waals surface area contributed by atoms with E-state index in [-0.39, 0.29) is 11.7 Å². The molecular formula is C20H20F3NO4. The fourth-order valence-corrected chi connectivity index (χ4v) is 3.20. The van der Waals surface area contributed by atoms with Crippen molar-refractivity contribution in [1.82, 2.24) is 0 Å². The summed E-state index contributed by atoms with van der Waals surface area (Å²) >= 11 is 0. The minimum Gasteiger partial charge on any atom is -0.485 e. The van der Waals surface area contributed by atoms with Gasteiger partial charge in [0, 0.05) is 22.7 Å². The van der Waals surface area contributed by atoms with Gasteiger partial charge in [-0.25, -0.2) is 0 Å². The van der Waals surface area contributed by atoms with Crippen molar-refractivity contribution in [3.05, 3.63) is 53.6 Å². The Balaban J connectivity index is 1.75. The van der Waals surface area contributed by atoms with Crippen LogP contribution in [-0.4, -0.2) is 29.1 Å². The average Bonchev–Trinajstić information content (AvgIpc) is 2.60. The Kier molecular flexibility index (Phi) is 5.01. The SMILES string of the molecule is C[C@@H]1c2cc(C(=O)Nc3ccc(OC(F)(F)F)cc3)ccc2OC(C)(C)[C@H]1O. The second-order valence-electron chi connectivity index (χ2n) is 7.22. The lowest BCUT2D eigenvalue weighted by Crippen LogP contribution is -2.48. The topological polar surface area (TPSA) is 67.8 Å². The quantitative estimate of drug-likeness (QED) is 0.805. The number of benzene rings is 2. The first-order chi connectivity index (χ1) is 13.0. The van der Waals surface area contributed by atoms with Gasteiger partial charge < -0.3 is 19.9 Å². The maximum Gasteiger partial charge on any atom is 0.573 e. The van der Waals surface area contributed by atoms with Crippen LogP contribution in [0.1, 0.15) is 42.6 Å². The maximum atomic E-state index is 12.5. The molecule has 5 nitrogen and oxygen atoms in total. The Morgan fingerprint density at radius 3 is 2.43 bits per heavy atom. The van der Waals surface area contributed by atoms with Crippen molar-refractivity contribution in [2.24, 2.45) is 0 Å². The summed E-state index contributed by atoms with van der Waals surface area (Å²) in [4.78, 5) is 12.5. The van der Waals surface area contributed by atoms with Crippen LogP contribution in [-0.2, 0) is 0 Å². The van der Waals surface area contributed by atoms with Gasteiger partial charge in [0.1, 0.15) is 17.1 Å². The lowest BCUT2D eigenvalue weighted by atomic mass is 9.82. The Bertz CT molecular complexity index is 878. The van der Waals surface area contributed by atoms with Crippen LogP contribution in [0, 0.1) is 0 Å². The summed E-state index contributed by atoms with van der Waals surface area (Å²) in [5.41, 5.74) is 0.643. The molecule has 0 fully saturated rings. The van der Waals surface area contributed by atoms with Crippen LogP contribution in [0.4, 0.5) is 18.9 Å². The molecule has 28 heavy (non-hydrogen) atoms. The summed E-state index contributed by atoms with van der Waals surface area (Å²) in [6.45, 7) is 5.45. The molecule has 0 aliphatic carbocycles. The highest BCUT2D eigenvalue weighted by molar-refractivity contribution is 6.04. The molecule has 1 amide bonds. The largest absolute Gasteiger partial charge is 0.573 e. The number of carbonyl (C=O) groups is 1. The molecule has 2 aromatic carbocycles. The monoisotopic (exact) mass is 395 g/mol. The normalized spacial score (nSPS) is 20.7. The molecule has 0 aromatic heterocycles. The Morgan fingerprint density at radius 1 is 1.18 bits per heavy atom. The molecule has 1 heterocycles. The van der Waals surface area contributed by atoms with Gasteiger partial charge in [-0.3, -0.25) is 4.79 Å². The minimum absolute atomic E-state index is 0.231. The van der Waals surface area contributed by atoms with Crippen LogP contribution in [0.5, 0.6) is 11.5 Å². The summed E-state index contributed by atoms with van der Waals surface area (Å²) < 4.78 is 46.2. The predicted molar refractivity (Wildman–Crippen MR) is 96.6 cm³/mol. The standard InChI is InChI=1S/C20H20F3NO4/c1-11-15-10-12(4-9-16(15)28-19(2,3)17(11)25)18(26)24-13-5-7-14(8-6-13)27-20(21,22)23/h4-11,17,25H,1-3H3,(H,24,26)/t11-,17+/m1/s1. The first kappa shape index (κ1) is 20.0. The first-order valence-corrected chi connectivity index (χ1v) is 8.64. The van der Waals surface area contributed by atoms with Gasteiger partial charge in [-0.2, -0.15) is 0 Å². The third kappa shape index (κ3) is 4.22. The van der Waals surface area contributed by atoms with Gasteiger partial charge in [-0.05, 0) is 56.3 Å². The highest BCUT2D eigenvalue weighted by Crippen LogP contribution is 2.41. The molecule has 0 saturated heterocycles. The van der Waals surface area contributed by atoms with E-state index in [0.29, 0.717) is 22.6 Å². The number of rotatable bonds is 3. The van der Waals surface area contributed by atoms with E-state index in [1.54, 1.807) is 32.0 Å². The van der Waals surface area contributed by atoms with Gasteiger partial charge in [0.05, 0.1) is 6.10 Å². The lowest BCUT2D eigenvalue weighted by molar-refractivity contribution is -0.274. The third-order valence-electron chi connectivity index (χ3n) is 4.67. The summed E-state index contributed by atoms with van der Waals surface area (Å²) in [5.74, 6) is -0.432. The van der Waals surface area contributed by atoms with E-state index < -0.39 is 24.0 Å². The molecular weight excluding hydrogens is 375 g/mol. The van der Waals surface area contributed by atoms with Crippen molar-refractivity contribution in [1.29, 1.82) is 0 Å². The van der Waals surface area contributed by atoms with Gasteiger partial charge in [0.15, 0.2) is 0 Å².